The molecule has 0 radical (unpaired) electrons. The molecule has 0 aliphatic rings. The molecule has 1 aromatic carbocycles. The Labute approximate surface area is 148 Å². The molecule has 8 nitrogen and oxygen atoms in total. The number of nitrogens with zero attached hydrogens (tertiary/aromatic N) is 5. The highest BCUT2D eigenvalue weighted by molar-refractivity contribution is 6.47. The third kappa shape index (κ3) is 3.16. The van der Waals surface area contributed by atoms with Gasteiger partial charge in [0.2, 0.25) is 0 Å². The van der Waals surface area contributed by atoms with Crippen LogP contribution in [-0.4, -0.2) is 36.2 Å². The number of benzene rings is 1. The predicted molar refractivity (Wildman–Crippen MR) is 92.0 cm³/mol. The number of Topliss-reactive ketones (excluding diaryl/α,β-unsaturated/α-hetero) is 1. The molecule has 2 heterocycles. The predicted octanol–water partition coefficient (Wildman–Crippen LogP) is 2.09. The lowest BCUT2D eigenvalue weighted by atomic mass is 10.1. The van der Waals surface area contributed by atoms with Crippen molar-refractivity contribution in [3.8, 4) is 5.69 Å². The molecular weight excluding hydrogens is 344 g/mol. The summed E-state index contributed by atoms with van der Waals surface area (Å²) in [4.78, 5) is 28.9. The van der Waals surface area contributed by atoms with E-state index in [1.54, 1.807) is 43.8 Å². The van der Waals surface area contributed by atoms with Crippen molar-refractivity contribution in [2.45, 2.75) is 13.8 Å². The zero-order chi connectivity index (χ0) is 18.1. The minimum absolute atomic E-state index is 0.296. The van der Waals surface area contributed by atoms with Crippen LogP contribution >= 0.6 is 11.6 Å². The summed E-state index contributed by atoms with van der Waals surface area (Å²) in [6.45, 7) is 3.43. The molecule has 2 aromatic heterocycles. The van der Waals surface area contributed by atoms with Crippen LogP contribution in [0.1, 0.15) is 21.7 Å². The summed E-state index contributed by atoms with van der Waals surface area (Å²) in [6, 6.07) is 4.88. The number of halogens is 1. The third-order valence-corrected chi connectivity index (χ3v) is 4.05. The van der Waals surface area contributed by atoms with Gasteiger partial charge in [-0.3, -0.25) is 14.3 Å². The van der Waals surface area contributed by atoms with E-state index in [4.69, 9.17) is 11.6 Å². The largest absolute Gasteiger partial charge is 0.317 e. The molecular formula is C16H15ClN6O2. The van der Waals surface area contributed by atoms with Gasteiger partial charge in [0, 0.05) is 17.8 Å². The van der Waals surface area contributed by atoms with E-state index >= 15 is 0 Å². The lowest BCUT2D eigenvalue weighted by Crippen LogP contribution is -2.24. The molecule has 1 amide bonds. The topological polar surface area (TPSA) is 94.7 Å². The molecule has 3 rings (SSSR count). The van der Waals surface area contributed by atoms with E-state index in [-0.39, 0.29) is 0 Å². The summed E-state index contributed by atoms with van der Waals surface area (Å²) in [5, 5.41) is 11.2. The zero-order valence-electron chi connectivity index (χ0n) is 13.8. The van der Waals surface area contributed by atoms with Gasteiger partial charge in [-0.15, -0.1) is 0 Å². The maximum Gasteiger partial charge on any atom is 0.296 e. The van der Waals surface area contributed by atoms with Crippen LogP contribution in [0, 0.1) is 13.8 Å². The SMILES string of the molecule is Cc1nn(C)c(C)c1C(=O)C(=O)Nc1cc(Cl)ccc1-n1cncn1. The van der Waals surface area contributed by atoms with Crippen molar-refractivity contribution in [1.82, 2.24) is 24.5 Å². The Balaban J connectivity index is 1.93. The van der Waals surface area contributed by atoms with Gasteiger partial charge in [-0.05, 0) is 32.0 Å². The molecule has 3 aromatic rings. The smallest absolute Gasteiger partial charge is 0.296 e. The van der Waals surface area contributed by atoms with Crippen LogP contribution < -0.4 is 5.32 Å². The minimum Gasteiger partial charge on any atom is -0.317 e. The van der Waals surface area contributed by atoms with E-state index in [0.717, 1.165) is 0 Å². The summed E-state index contributed by atoms with van der Waals surface area (Å²) >= 11 is 6.02. The van der Waals surface area contributed by atoms with Crippen LogP contribution in [0.4, 0.5) is 5.69 Å². The molecule has 128 valence electrons. The van der Waals surface area contributed by atoms with E-state index in [1.165, 1.54) is 17.3 Å². The second kappa shape index (κ2) is 6.48. The Morgan fingerprint density at radius 1 is 1.24 bits per heavy atom. The number of carbonyl (C=O) groups excluding carboxylic acids is 2. The molecule has 0 saturated heterocycles. The van der Waals surface area contributed by atoms with E-state index < -0.39 is 11.7 Å². The highest BCUT2D eigenvalue weighted by atomic mass is 35.5. The summed E-state index contributed by atoms with van der Waals surface area (Å²) in [7, 11) is 1.72. The number of carbonyl (C=O) groups is 2. The summed E-state index contributed by atoms with van der Waals surface area (Å²) in [5.41, 5.74) is 2.32. The number of aromatic nitrogens is 5. The molecule has 25 heavy (non-hydrogen) atoms. The fourth-order valence-corrected chi connectivity index (χ4v) is 2.71. The number of amides is 1. The lowest BCUT2D eigenvalue weighted by molar-refractivity contribution is -0.112. The number of anilines is 1. The van der Waals surface area contributed by atoms with Crippen molar-refractivity contribution in [3.05, 3.63) is 52.8 Å². The Morgan fingerprint density at radius 3 is 2.60 bits per heavy atom. The second-order valence-electron chi connectivity index (χ2n) is 5.45. The van der Waals surface area contributed by atoms with E-state index in [9.17, 15) is 9.59 Å². The molecule has 0 aliphatic heterocycles. The lowest BCUT2D eigenvalue weighted by Gasteiger charge is -2.11. The standard InChI is InChI=1S/C16H15ClN6O2/c1-9-14(10(2)22(3)21-9)15(24)16(25)20-12-6-11(17)4-5-13(12)23-8-18-7-19-23/h4-8H,1-3H3,(H,20,25). The Hall–Kier alpha value is -3.00. The molecule has 0 aliphatic carbocycles. The van der Waals surface area contributed by atoms with Gasteiger partial charge < -0.3 is 5.32 Å². The van der Waals surface area contributed by atoms with Crippen LogP contribution in [0.15, 0.2) is 30.9 Å². The van der Waals surface area contributed by atoms with Crippen LogP contribution in [-0.2, 0) is 11.8 Å². The van der Waals surface area contributed by atoms with Crippen molar-refractivity contribution in [1.29, 1.82) is 0 Å². The fourth-order valence-electron chi connectivity index (χ4n) is 2.54. The van der Waals surface area contributed by atoms with Crippen molar-refractivity contribution in [2.75, 3.05) is 5.32 Å². The first-order valence-corrected chi connectivity index (χ1v) is 7.76. The first-order valence-electron chi connectivity index (χ1n) is 7.39. The Morgan fingerprint density at radius 2 is 2.00 bits per heavy atom. The molecule has 0 unspecified atom stereocenters. The van der Waals surface area contributed by atoms with Gasteiger partial charge in [-0.25, -0.2) is 9.67 Å². The average Bonchev–Trinajstić information content (AvgIpc) is 3.16. The van der Waals surface area contributed by atoms with E-state index in [1.807, 2.05) is 0 Å². The Kier molecular flexibility index (Phi) is 4.37. The highest BCUT2D eigenvalue weighted by Gasteiger charge is 2.24. The molecule has 9 heteroatoms. The van der Waals surface area contributed by atoms with Gasteiger partial charge in [0.25, 0.3) is 11.7 Å². The van der Waals surface area contributed by atoms with Crippen molar-refractivity contribution < 1.29 is 9.59 Å². The summed E-state index contributed by atoms with van der Waals surface area (Å²) in [5.74, 6) is -1.43. The van der Waals surface area contributed by atoms with Crippen LogP contribution in [0.5, 0.6) is 0 Å². The van der Waals surface area contributed by atoms with Crippen LogP contribution in [0.25, 0.3) is 5.69 Å². The van der Waals surface area contributed by atoms with Crippen molar-refractivity contribution >= 4 is 29.0 Å². The molecule has 0 spiro atoms. The second-order valence-corrected chi connectivity index (χ2v) is 5.89. The quantitative estimate of drug-likeness (QED) is 0.569. The van der Waals surface area contributed by atoms with Crippen LogP contribution in [0.3, 0.4) is 0 Å². The number of aryl methyl sites for hydroxylation is 2. The number of rotatable bonds is 4. The zero-order valence-corrected chi connectivity index (χ0v) is 14.6. The van der Waals surface area contributed by atoms with Crippen molar-refractivity contribution in [2.24, 2.45) is 7.05 Å². The third-order valence-electron chi connectivity index (χ3n) is 3.81. The molecule has 0 bridgehead atoms. The van der Waals surface area contributed by atoms with E-state index in [0.29, 0.717) is 33.3 Å². The van der Waals surface area contributed by atoms with E-state index in [2.05, 4.69) is 20.5 Å². The van der Waals surface area contributed by atoms with Gasteiger partial charge in [0.15, 0.2) is 0 Å². The number of hydrogen-bond donors (Lipinski definition) is 1. The fraction of sp³-hybridized carbons (Fsp3) is 0.188. The number of nitrogens with one attached hydrogen (secondary N) is 1. The van der Waals surface area contributed by atoms with Crippen molar-refractivity contribution in [3.63, 3.8) is 0 Å². The highest BCUT2D eigenvalue weighted by Crippen LogP contribution is 2.24. The first-order chi connectivity index (χ1) is 11.9. The average molecular weight is 359 g/mol. The summed E-state index contributed by atoms with van der Waals surface area (Å²) < 4.78 is 3.03. The minimum atomic E-state index is -0.775. The Bertz CT molecular complexity index is 961. The monoisotopic (exact) mass is 358 g/mol. The number of ketones is 1. The van der Waals surface area contributed by atoms with Gasteiger partial charge in [-0.1, -0.05) is 11.6 Å². The van der Waals surface area contributed by atoms with Gasteiger partial charge >= 0.3 is 0 Å². The summed E-state index contributed by atoms with van der Waals surface area (Å²) in [6.07, 6.45) is 2.85. The molecule has 1 N–H and O–H groups in total. The normalized spacial score (nSPS) is 10.7. The first kappa shape index (κ1) is 16.8. The van der Waals surface area contributed by atoms with Gasteiger partial charge in [-0.2, -0.15) is 10.2 Å². The van der Waals surface area contributed by atoms with Gasteiger partial charge in [0.05, 0.1) is 22.6 Å². The number of hydrogen-bond acceptors (Lipinski definition) is 5. The van der Waals surface area contributed by atoms with Crippen LogP contribution in [0.2, 0.25) is 5.02 Å². The molecule has 0 saturated carbocycles. The maximum atomic E-state index is 12.6. The molecule has 0 atom stereocenters. The van der Waals surface area contributed by atoms with Gasteiger partial charge in [0.1, 0.15) is 12.7 Å². The molecule has 0 fully saturated rings. The maximum absolute atomic E-state index is 12.6.